The topological polar surface area (TPSA) is 73.6 Å². The molecule has 0 radical (unpaired) electrons. The molecule has 0 aromatic heterocycles. The summed E-state index contributed by atoms with van der Waals surface area (Å²) in [6, 6.07) is 7.57. The van der Waals surface area contributed by atoms with Crippen molar-refractivity contribution in [3.8, 4) is 5.75 Å². The van der Waals surface area contributed by atoms with Crippen molar-refractivity contribution in [2.45, 2.75) is 31.2 Å². The van der Waals surface area contributed by atoms with E-state index in [4.69, 9.17) is 15.2 Å². The molecule has 0 unspecified atom stereocenters. The molecule has 0 aliphatic carbocycles. The first kappa shape index (κ1) is 18.7. The number of ether oxygens (including phenoxy) is 2. The Bertz CT molecular complexity index is 471. The Kier molecular flexibility index (Phi) is 7.13. The van der Waals surface area contributed by atoms with Gasteiger partial charge >= 0.3 is 0 Å². The Labute approximate surface area is 138 Å². The van der Waals surface area contributed by atoms with Gasteiger partial charge in [0.05, 0.1) is 13.2 Å². The summed E-state index contributed by atoms with van der Waals surface area (Å²) in [5.74, 6) is 0.718. The molecular formula is C16H25ClN2O3. The van der Waals surface area contributed by atoms with Crippen molar-refractivity contribution in [3.63, 3.8) is 0 Å². The number of rotatable bonds is 5. The number of nitrogens with two attached hydrogens (primary N) is 1. The van der Waals surface area contributed by atoms with Crippen LogP contribution in [0.1, 0.15) is 25.3 Å². The minimum absolute atomic E-state index is 0. The number of carbonyl (C=O) groups excluding carboxylic acids is 1. The Hall–Kier alpha value is -1.30. The molecule has 124 valence electrons. The number of halogens is 1. The minimum Gasteiger partial charge on any atom is -0.497 e. The Balaban J connectivity index is 0.00000242. The van der Waals surface area contributed by atoms with E-state index in [1.807, 2.05) is 12.1 Å². The van der Waals surface area contributed by atoms with E-state index in [0.29, 0.717) is 19.8 Å². The lowest BCUT2D eigenvalue weighted by Gasteiger charge is -2.38. The van der Waals surface area contributed by atoms with Crippen molar-refractivity contribution >= 4 is 18.3 Å². The van der Waals surface area contributed by atoms with E-state index in [2.05, 4.69) is 17.4 Å². The zero-order valence-corrected chi connectivity index (χ0v) is 13.9. The summed E-state index contributed by atoms with van der Waals surface area (Å²) in [6.07, 6.45) is 1.77. The third kappa shape index (κ3) is 4.35. The molecule has 1 aromatic carbocycles. The molecule has 6 heteroatoms. The zero-order valence-electron chi connectivity index (χ0n) is 13.1. The fraction of sp³-hybridized carbons (Fsp3) is 0.562. The van der Waals surface area contributed by atoms with Gasteiger partial charge < -0.3 is 20.5 Å². The van der Waals surface area contributed by atoms with Crippen LogP contribution in [-0.4, -0.2) is 38.8 Å². The first-order valence-electron chi connectivity index (χ1n) is 7.33. The van der Waals surface area contributed by atoms with Gasteiger partial charge in [0, 0.05) is 25.2 Å². The van der Waals surface area contributed by atoms with Gasteiger partial charge in [-0.05, 0) is 37.5 Å². The molecule has 3 N–H and O–H groups in total. The fourth-order valence-corrected chi connectivity index (χ4v) is 2.69. The lowest BCUT2D eigenvalue weighted by molar-refractivity contribution is -0.122. The lowest BCUT2D eigenvalue weighted by atomic mass is 9.74. The van der Waals surface area contributed by atoms with E-state index in [-0.39, 0.29) is 23.7 Å². The summed E-state index contributed by atoms with van der Waals surface area (Å²) in [7, 11) is 1.65. The van der Waals surface area contributed by atoms with Gasteiger partial charge in [0.2, 0.25) is 5.91 Å². The fourth-order valence-electron chi connectivity index (χ4n) is 2.69. The van der Waals surface area contributed by atoms with Gasteiger partial charge in [-0.1, -0.05) is 12.1 Å². The van der Waals surface area contributed by atoms with Crippen LogP contribution < -0.4 is 15.8 Å². The quantitative estimate of drug-likeness (QED) is 0.861. The molecule has 0 saturated carbocycles. The van der Waals surface area contributed by atoms with Crippen molar-refractivity contribution in [2.24, 2.45) is 5.73 Å². The maximum absolute atomic E-state index is 11.8. The molecule has 1 amide bonds. The second-order valence-corrected chi connectivity index (χ2v) is 5.63. The van der Waals surface area contributed by atoms with Gasteiger partial charge in [-0.2, -0.15) is 0 Å². The minimum atomic E-state index is -0.488. The number of nitrogens with one attached hydrogen (secondary N) is 1. The molecule has 22 heavy (non-hydrogen) atoms. The van der Waals surface area contributed by atoms with Gasteiger partial charge in [0.1, 0.15) is 5.75 Å². The molecule has 2 rings (SSSR count). The summed E-state index contributed by atoms with van der Waals surface area (Å²) < 4.78 is 10.7. The molecule has 1 heterocycles. The molecule has 1 fully saturated rings. The smallest absolute Gasteiger partial charge is 0.236 e. The standard InChI is InChI=1S/C16H24N2O3.ClH/c1-12(17)15(19)18-11-16(7-9-21-10-8-16)13-3-5-14(20-2)6-4-13;/h3-6,12H,7-11,17H2,1-2H3,(H,18,19);1H/t12-;/m1./s1. The highest BCUT2D eigenvalue weighted by Crippen LogP contribution is 2.35. The number of carbonyl (C=O) groups is 1. The Morgan fingerprint density at radius 2 is 1.95 bits per heavy atom. The lowest BCUT2D eigenvalue weighted by Crippen LogP contribution is -2.48. The van der Waals surface area contributed by atoms with E-state index in [1.54, 1.807) is 14.0 Å². The second-order valence-electron chi connectivity index (χ2n) is 5.63. The van der Waals surface area contributed by atoms with Crippen molar-refractivity contribution < 1.29 is 14.3 Å². The molecular weight excluding hydrogens is 304 g/mol. The van der Waals surface area contributed by atoms with Gasteiger partial charge in [0.25, 0.3) is 0 Å². The van der Waals surface area contributed by atoms with E-state index in [1.165, 1.54) is 5.56 Å². The van der Waals surface area contributed by atoms with E-state index in [9.17, 15) is 4.79 Å². The first-order valence-corrected chi connectivity index (χ1v) is 7.33. The average Bonchev–Trinajstić information content (AvgIpc) is 2.53. The van der Waals surface area contributed by atoms with Gasteiger partial charge in [-0.25, -0.2) is 0 Å². The van der Waals surface area contributed by atoms with Crippen molar-refractivity contribution in [1.29, 1.82) is 0 Å². The van der Waals surface area contributed by atoms with Crippen molar-refractivity contribution in [1.82, 2.24) is 5.32 Å². The Morgan fingerprint density at radius 3 is 2.45 bits per heavy atom. The number of methoxy groups -OCH3 is 1. The molecule has 1 aromatic rings. The third-order valence-corrected chi connectivity index (χ3v) is 4.17. The maximum atomic E-state index is 11.8. The summed E-state index contributed by atoms with van der Waals surface area (Å²) in [5.41, 5.74) is 6.73. The second kappa shape index (κ2) is 8.36. The zero-order chi connectivity index (χ0) is 15.3. The molecule has 1 saturated heterocycles. The number of benzene rings is 1. The van der Waals surface area contributed by atoms with E-state index in [0.717, 1.165) is 18.6 Å². The van der Waals surface area contributed by atoms with Crippen LogP contribution in [0.5, 0.6) is 5.75 Å². The molecule has 5 nitrogen and oxygen atoms in total. The van der Waals surface area contributed by atoms with Crippen LogP contribution in [-0.2, 0) is 14.9 Å². The molecule has 1 atom stereocenters. The van der Waals surface area contributed by atoms with Crippen LogP contribution in [0.2, 0.25) is 0 Å². The largest absolute Gasteiger partial charge is 0.497 e. The highest BCUT2D eigenvalue weighted by molar-refractivity contribution is 5.85. The van der Waals surface area contributed by atoms with Crippen LogP contribution in [0.15, 0.2) is 24.3 Å². The third-order valence-electron chi connectivity index (χ3n) is 4.17. The molecule has 0 spiro atoms. The first-order chi connectivity index (χ1) is 10.1. The van der Waals surface area contributed by atoms with Crippen molar-refractivity contribution in [2.75, 3.05) is 26.9 Å². The highest BCUT2D eigenvalue weighted by atomic mass is 35.5. The summed E-state index contributed by atoms with van der Waals surface area (Å²) >= 11 is 0. The van der Waals surface area contributed by atoms with E-state index < -0.39 is 6.04 Å². The van der Waals surface area contributed by atoms with Crippen LogP contribution in [0.4, 0.5) is 0 Å². The van der Waals surface area contributed by atoms with Crippen LogP contribution in [0.3, 0.4) is 0 Å². The normalized spacial score (nSPS) is 18.0. The molecule has 1 aliphatic rings. The number of hydrogen-bond donors (Lipinski definition) is 2. The van der Waals surface area contributed by atoms with Crippen molar-refractivity contribution in [3.05, 3.63) is 29.8 Å². The number of amides is 1. The van der Waals surface area contributed by atoms with Gasteiger partial charge in [-0.3, -0.25) is 4.79 Å². The SMILES string of the molecule is COc1ccc(C2(CNC(=O)[C@@H](C)N)CCOCC2)cc1.Cl. The highest BCUT2D eigenvalue weighted by Gasteiger charge is 2.35. The van der Waals surface area contributed by atoms with Gasteiger partial charge in [-0.15, -0.1) is 12.4 Å². The summed E-state index contributed by atoms with van der Waals surface area (Å²) in [4.78, 5) is 11.8. The van der Waals surface area contributed by atoms with Crippen LogP contribution >= 0.6 is 12.4 Å². The van der Waals surface area contributed by atoms with E-state index >= 15 is 0 Å². The maximum Gasteiger partial charge on any atom is 0.236 e. The Morgan fingerprint density at radius 1 is 1.36 bits per heavy atom. The van der Waals surface area contributed by atoms with Crippen LogP contribution in [0, 0.1) is 0 Å². The van der Waals surface area contributed by atoms with Gasteiger partial charge in [0.15, 0.2) is 0 Å². The summed E-state index contributed by atoms with van der Waals surface area (Å²) in [5, 5.41) is 2.97. The molecule has 1 aliphatic heterocycles. The monoisotopic (exact) mass is 328 g/mol. The summed E-state index contributed by atoms with van der Waals surface area (Å²) in [6.45, 7) is 3.70. The predicted octanol–water partition coefficient (Wildman–Crippen LogP) is 1.63. The molecule has 0 bridgehead atoms. The number of hydrogen-bond acceptors (Lipinski definition) is 4. The average molecular weight is 329 g/mol. The van der Waals surface area contributed by atoms with Crippen LogP contribution in [0.25, 0.3) is 0 Å². The predicted molar refractivity (Wildman–Crippen MR) is 88.6 cm³/mol.